The normalized spacial score (nSPS) is 21.7. The van der Waals surface area contributed by atoms with E-state index in [0.717, 1.165) is 33.1 Å². The standard InChI is InChI=1S/C24H26N2O3/c1-13(2)19-11-27-23(25-19)17-9-5-7-15-16-8-6-10-18(22(16)29-21(15)17)24-26-20(12-28-24)14(3)4/h5-10,13-14,19-20H,11-12H2,1-4H3. The maximum absolute atomic E-state index is 6.41. The predicted octanol–water partition coefficient (Wildman–Crippen LogP) is 5.19. The molecule has 5 nitrogen and oxygen atoms in total. The van der Waals surface area contributed by atoms with Crippen LogP contribution in [0, 0.1) is 11.8 Å². The molecule has 2 atom stereocenters. The lowest BCUT2D eigenvalue weighted by Gasteiger charge is -2.06. The van der Waals surface area contributed by atoms with Crippen LogP contribution < -0.4 is 0 Å². The van der Waals surface area contributed by atoms with Crippen molar-refractivity contribution in [1.29, 1.82) is 0 Å². The van der Waals surface area contributed by atoms with Gasteiger partial charge in [0.15, 0.2) is 0 Å². The van der Waals surface area contributed by atoms with Crippen LogP contribution >= 0.6 is 0 Å². The lowest BCUT2D eigenvalue weighted by atomic mass is 10.1. The molecule has 0 radical (unpaired) electrons. The molecule has 0 saturated heterocycles. The molecule has 0 N–H and O–H groups in total. The number of aliphatic imine (C=N–C) groups is 2. The Labute approximate surface area is 170 Å². The van der Waals surface area contributed by atoms with E-state index < -0.39 is 0 Å². The fourth-order valence-corrected chi connectivity index (χ4v) is 3.91. The maximum atomic E-state index is 6.41. The van der Waals surface area contributed by atoms with Gasteiger partial charge in [-0.2, -0.15) is 0 Å². The maximum Gasteiger partial charge on any atom is 0.220 e. The van der Waals surface area contributed by atoms with Gasteiger partial charge >= 0.3 is 0 Å². The Bertz CT molecular complexity index is 1050. The van der Waals surface area contributed by atoms with Crippen LogP contribution in [0.1, 0.15) is 38.8 Å². The van der Waals surface area contributed by atoms with Crippen LogP contribution in [0.5, 0.6) is 0 Å². The summed E-state index contributed by atoms with van der Waals surface area (Å²) in [4.78, 5) is 9.59. The van der Waals surface area contributed by atoms with Gasteiger partial charge in [-0.05, 0) is 24.0 Å². The summed E-state index contributed by atoms with van der Waals surface area (Å²) in [6.07, 6.45) is 0. The molecule has 0 amide bonds. The van der Waals surface area contributed by atoms with Crippen LogP contribution in [-0.4, -0.2) is 37.1 Å². The largest absolute Gasteiger partial charge is 0.475 e. The summed E-state index contributed by atoms with van der Waals surface area (Å²) in [6.45, 7) is 9.91. The van der Waals surface area contributed by atoms with E-state index >= 15 is 0 Å². The zero-order valence-corrected chi connectivity index (χ0v) is 17.3. The highest BCUT2D eigenvalue weighted by Gasteiger charge is 2.28. The predicted molar refractivity (Wildman–Crippen MR) is 116 cm³/mol. The first-order valence-electron chi connectivity index (χ1n) is 10.4. The lowest BCUT2D eigenvalue weighted by Crippen LogP contribution is -2.13. The average Bonchev–Trinajstić information content (AvgIpc) is 3.44. The minimum absolute atomic E-state index is 0.189. The van der Waals surface area contributed by atoms with Crippen molar-refractivity contribution in [2.75, 3.05) is 13.2 Å². The van der Waals surface area contributed by atoms with Crippen molar-refractivity contribution in [1.82, 2.24) is 0 Å². The van der Waals surface area contributed by atoms with Gasteiger partial charge < -0.3 is 13.9 Å². The fourth-order valence-electron chi connectivity index (χ4n) is 3.91. The van der Waals surface area contributed by atoms with E-state index in [1.54, 1.807) is 0 Å². The number of furan rings is 1. The Morgan fingerprint density at radius 3 is 1.55 bits per heavy atom. The summed E-state index contributed by atoms with van der Waals surface area (Å²) in [6, 6.07) is 12.6. The summed E-state index contributed by atoms with van der Waals surface area (Å²) in [5, 5.41) is 2.11. The molecule has 0 saturated carbocycles. The van der Waals surface area contributed by atoms with E-state index in [0.29, 0.717) is 36.8 Å². The highest BCUT2D eigenvalue weighted by atomic mass is 16.5. The van der Waals surface area contributed by atoms with Crippen molar-refractivity contribution in [3.8, 4) is 0 Å². The van der Waals surface area contributed by atoms with Crippen molar-refractivity contribution in [2.24, 2.45) is 21.8 Å². The van der Waals surface area contributed by atoms with Gasteiger partial charge in [-0.15, -0.1) is 0 Å². The Morgan fingerprint density at radius 2 is 1.17 bits per heavy atom. The van der Waals surface area contributed by atoms with Crippen molar-refractivity contribution >= 4 is 33.7 Å². The SMILES string of the molecule is CC(C)C1COC(c2cccc3c2oc2c(C4=NC(C(C)C)CO4)cccc23)=N1. The summed E-state index contributed by atoms with van der Waals surface area (Å²) < 4.78 is 18.3. The topological polar surface area (TPSA) is 56.3 Å². The molecule has 0 spiro atoms. The average molecular weight is 390 g/mol. The molecule has 3 heterocycles. The number of ether oxygens (including phenoxy) is 2. The molecule has 29 heavy (non-hydrogen) atoms. The third-order valence-corrected chi connectivity index (χ3v) is 5.87. The van der Waals surface area contributed by atoms with Crippen molar-refractivity contribution in [3.63, 3.8) is 0 Å². The van der Waals surface area contributed by atoms with Gasteiger partial charge in [-0.25, -0.2) is 9.98 Å². The second kappa shape index (κ2) is 6.90. The number of hydrogen-bond acceptors (Lipinski definition) is 5. The quantitative estimate of drug-likeness (QED) is 0.616. The molecule has 2 aliphatic heterocycles. The Morgan fingerprint density at radius 1 is 0.724 bits per heavy atom. The fraction of sp³-hybridized carbons (Fsp3) is 0.417. The Hall–Kier alpha value is -2.82. The van der Waals surface area contributed by atoms with E-state index in [-0.39, 0.29) is 12.1 Å². The van der Waals surface area contributed by atoms with Gasteiger partial charge in [0.1, 0.15) is 24.4 Å². The van der Waals surface area contributed by atoms with Gasteiger partial charge in [0, 0.05) is 10.8 Å². The summed E-state index contributed by atoms with van der Waals surface area (Å²) in [5.74, 6) is 2.23. The van der Waals surface area contributed by atoms with Crippen LogP contribution in [0.15, 0.2) is 50.8 Å². The third-order valence-electron chi connectivity index (χ3n) is 5.87. The van der Waals surface area contributed by atoms with E-state index in [1.165, 1.54) is 0 Å². The molecule has 2 aromatic carbocycles. The third kappa shape index (κ3) is 3.00. The molecule has 2 unspecified atom stereocenters. The lowest BCUT2D eigenvalue weighted by molar-refractivity contribution is 0.292. The monoisotopic (exact) mass is 390 g/mol. The highest BCUT2D eigenvalue weighted by molar-refractivity contribution is 6.17. The number of para-hydroxylation sites is 2. The first-order valence-corrected chi connectivity index (χ1v) is 10.4. The van der Waals surface area contributed by atoms with Gasteiger partial charge in [0.2, 0.25) is 11.8 Å². The van der Waals surface area contributed by atoms with Gasteiger partial charge in [-0.1, -0.05) is 52.0 Å². The molecule has 5 rings (SSSR count). The van der Waals surface area contributed by atoms with Crippen LogP contribution in [0.3, 0.4) is 0 Å². The van der Waals surface area contributed by atoms with Gasteiger partial charge in [0.05, 0.1) is 23.2 Å². The van der Waals surface area contributed by atoms with E-state index in [1.807, 2.05) is 24.3 Å². The van der Waals surface area contributed by atoms with Crippen LogP contribution in [-0.2, 0) is 9.47 Å². The van der Waals surface area contributed by atoms with Gasteiger partial charge in [-0.3, -0.25) is 0 Å². The summed E-state index contributed by atoms with van der Waals surface area (Å²) in [5.41, 5.74) is 3.42. The second-order valence-corrected chi connectivity index (χ2v) is 8.58. The minimum atomic E-state index is 0.189. The molecule has 0 bridgehead atoms. The molecular formula is C24H26N2O3. The molecule has 3 aromatic rings. The zero-order chi connectivity index (χ0) is 20.1. The molecule has 150 valence electrons. The molecule has 0 fully saturated rings. The van der Waals surface area contributed by atoms with Crippen molar-refractivity contribution in [2.45, 2.75) is 39.8 Å². The first-order chi connectivity index (χ1) is 14.0. The van der Waals surface area contributed by atoms with Crippen LogP contribution in [0.2, 0.25) is 0 Å². The highest BCUT2D eigenvalue weighted by Crippen LogP contribution is 2.35. The summed E-state index contributed by atoms with van der Waals surface area (Å²) >= 11 is 0. The van der Waals surface area contributed by atoms with E-state index in [9.17, 15) is 0 Å². The van der Waals surface area contributed by atoms with Gasteiger partial charge in [0.25, 0.3) is 0 Å². The second-order valence-electron chi connectivity index (χ2n) is 8.58. The number of nitrogens with zero attached hydrogens (tertiary/aromatic N) is 2. The van der Waals surface area contributed by atoms with E-state index in [2.05, 4.69) is 39.8 Å². The van der Waals surface area contributed by atoms with Crippen molar-refractivity contribution in [3.05, 3.63) is 47.5 Å². The van der Waals surface area contributed by atoms with Crippen molar-refractivity contribution < 1.29 is 13.9 Å². The molecule has 2 aliphatic rings. The Balaban J connectivity index is 1.65. The zero-order valence-electron chi connectivity index (χ0n) is 17.3. The Kier molecular flexibility index (Phi) is 4.34. The first kappa shape index (κ1) is 18.2. The molecule has 1 aromatic heterocycles. The number of hydrogen-bond donors (Lipinski definition) is 0. The number of benzene rings is 2. The van der Waals surface area contributed by atoms with E-state index in [4.69, 9.17) is 23.9 Å². The minimum Gasteiger partial charge on any atom is -0.475 e. The molecule has 5 heteroatoms. The van der Waals surface area contributed by atoms with Crippen LogP contribution in [0.4, 0.5) is 0 Å². The number of rotatable bonds is 4. The smallest absolute Gasteiger partial charge is 0.220 e. The molecular weight excluding hydrogens is 364 g/mol. The molecule has 0 aliphatic carbocycles. The summed E-state index contributed by atoms with van der Waals surface area (Å²) in [7, 11) is 0. The number of fused-ring (bicyclic) bond motifs is 3. The van der Waals surface area contributed by atoms with Crippen LogP contribution in [0.25, 0.3) is 21.9 Å².